The largest absolute Gasteiger partial charge is 0.505 e. The lowest BCUT2D eigenvalue weighted by atomic mass is 9.68. The molecule has 6 heteroatoms. The molecule has 0 aromatic heterocycles. The van der Waals surface area contributed by atoms with Crippen LogP contribution in [-0.4, -0.2) is 15.9 Å². The van der Waals surface area contributed by atoms with Gasteiger partial charge in [-0.25, -0.2) is 0 Å². The molecule has 1 saturated carbocycles. The molecule has 6 nitrogen and oxygen atoms in total. The number of carbonyl (C=O) groups excluding carboxylic acids is 1. The maximum atomic E-state index is 12.5. The second-order valence-electron chi connectivity index (χ2n) is 6.20. The molecule has 2 rings (SSSR count). The van der Waals surface area contributed by atoms with Crippen LogP contribution in [0, 0.1) is 21.4 Å². The lowest BCUT2D eigenvalue weighted by molar-refractivity contribution is -0.384. The third-order valence-corrected chi connectivity index (χ3v) is 4.29. The predicted molar refractivity (Wildman–Crippen MR) is 79.1 cm³/mol. The van der Waals surface area contributed by atoms with Crippen LogP contribution in [0.25, 0.3) is 0 Å². The number of nitrogens with zero attached hydrogens (tertiary/aromatic N) is 1. The van der Waals surface area contributed by atoms with Crippen LogP contribution in [0.3, 0.4) is 0 Å². The van der Waals surface area contributed by atoms with E-state index in [0.29, 0.717) is 0 Å². The van der Waals surface area contributed by atoms with Crippen molar-refractivity contribution in [3.63, 3.8) is 0 Å². The van der Waals surface area contributed by atoms with Crippen LogP contribution >= 0.6 is 0 Å². The molecule has 0 heterocycles. The lowest BCUT2D eigenvalue weighted by Gasteiger charge is -2.37. The Hall–Kier alpha value is -2.11. The van der Waals surface area contributed by atoms with E-state index >= 15 is 0 Å². The summed E-state index contributed by atoms with van der Waals surface area (Å²) in [6.07, 6.45) is 3.78. The summed E-state index contributed by atoms with van der Waals surface area (Å²) in [5.74, 6) is -0.749. The molecule has 0 aliphatic heterocycles. The molecular weight excluding hydrogens is 272 g/mol. The van der Waals surface area contributed by atoms with Crippen molar-refractivity contribution in [1.29, 1.82) is 0 Å². The number of nitro benzene ring substituents is 1. The molecule has 114 valence electrons. The van der Waals surface area contributed by atoms with Crippen molar-refractivity contribution in [2.75, 3.05) is 5.32 Å². The Bertz CT molecular complexity index is 569. The van der Waals surface area contributed by atoms with Gasteiger partial charge in [-0.2, -0.15) is 0 Å². The van der Waals surface area contributed by atoms with Gasteiger partial charge in [0.15, 0.2) is 5.69 Å². The predicted octanol–water partition coefficient (Wildman–Crippen LogP) is 3.46. The third-order valence-electron chi connectivity index (χ3n) is 4.29. The van der Waals surface area contributed by atoms with Crippen molar-refractivity contribution in [2.24, 2.45) is 11.3 Å². The highest BCUT2D eigenvalue weighted by atomic mass is 16.6. The minimum Gasteiger partial charge on any atom is -0.505 e. The number of hydrogen-bond donors (Lipinski definition) is 2. The first-order valence-electron chi connectivity index (χ1n) is 7.10. The Morgan fingerprint density at radius 2 is 2.14 bits per heavy atom. The number of para-hydroxylation sites is 1. The molecule has 1 unspecified atom stereocenters. The Kier molecular flexibility index (Phi) is 4.16. The molecule has 1 aromatic carbocycles. The fraction of sp³-hybridized carbons (Fsp3) is 0.533. The van der Waals surface area contributed by atoms with Crippen LogP contribution < -0.4 is 5.32 Å². The number of nitro groups is 1. The lowest BCUT2D eigenvalue weighted by Crippen LogP contribution is -2.37. The van der Waals surface area contributed by atoms with E-state index in [1.54, 1.807) is 0 Å². The molecule has 0 saturated heterocycles. The summed E-state index contributed by atoms with van der Waals surface area (Å²) in [6, 6.07) is 3.98. The first-order chi connectivity index (χ1) is 9.83. The second kappa shape index (κ2) is 5.71. The summed E-state index contributed by atoms with van der Waals surface area (Å²) in [6.45, 7) is 4.07. The second-order valence-corrected chi connectivity index (χ2v) is 6.20. The van der Waals surface area contributed by atoms with Gasteiger partial charge in [-0.05, 0) is 24.3 Å². The molecule has 1 atom stereocenters. The van der Waals surface area contributed by atoms with Gasteiger partial charge < -0.3 is 10.4 Å². The summed E-state index contributed by atoms with van der Waals surface area (Å²) >= 11 is 0. The molecular formula is C15H20N2O4. The molecule has 2 N–H and O–H groups in total. The number of aromatic hydroxyl groups is 1. The van der Waals surface area contributed by atoms with Crippen molar-refractivity contribution >= 4 is 17.3 Å². The summed E-state index contributed by atoms with van der Waals surface area (Å²) in [4.78, 5) is 22.9. The fourth-order valence-electron chi connectivity index (χ4n) is 3.00. The number of benzene rings is 1. The van der Waals surface area contributed by atoms with E-state index in [0.717, 1.165) is 25.7 Å². The van der Waals surface area contributed by atoms with Gasteiger partial charge >= 0.3 is 0 Å². The van der Waals surface area contributed by atoms with Crippen molar-refractivity contribution in [3.05, 3.63) is 28.3 Å². The minimum absolute atomic E-state index is 0.117. The van der Waals surface area contributed by atoms with Gasteiger partial charge in [-0.1, -0.05) is 32.8 Å². The molecule has 1 amide bonds. The Balaban J connectivity index is 2.26. The van der Waals surface area contributed by atoms with Gasteiger partial charge in [0.2, 0.25) is 5.91 Å². The number of anilines is 1. The van der Waals surface area contributed by atoms with E-state index in [9.17, 15) is 20.0 Å². The normalized spacial score (nSPS) is 20.8. The summed E-state index contributed by atoms with van der Waals surface area (Å²) < 4.78 is 0. The van der Waals surface area contributed by atoms with Gasteiger partial charge in [0, 0.05) is 12.0 Å². The standard InChI is InChI=1S/C15H20N2O4/c1-15(2)9-4-3-6-10(15)14(19)16-13-11(17(20)21)7-5-8-12(13)18/h5,7-8,10,18H,3-4,6,9H2,1-2H3,(H,16,19). The van der Waals surface area contributed by atoms with Crippen molar-refractivity contribution in [3.8, 4) is 5.75 Å². The zero-order valence-electron chi connectivity index (χ0n) is 12.3. The Morgan fingerprint density at radius 1 is 1.43 bits per heavy atom. The highest BCUT2D eigenvalue weighted by Gasteiger charge is 2.38. The first-order valence-corrected chi connectivity index (χ1v) is 7.10. The van der Waals surface area contributed by atoms with Gasteiger partial charge in [0.1, 0.15) is 5.75 Å². The molecule has 1 aliphatic carbocycles. The number of rotatable bonds is 3. The number of hydrogen-bond acceptors (Lipinski definition) is 4. The van der Waals surface area contributed by atoms with E-state index < -0.39 is 4.92 Å². The first kappa shape index (κ1) is 15.3. The zero-order valence-corrected chi connectivity index (χ0v) is 12.3. The number of nitrogens with one attached hydrogen (secondary N) is 1. The monoisotopic (exact) mass is 292 g/mol. The molecule has 0 radical (unpaired) electrons. The van der Waals surface area contributed by atoms with Gasteiger partial charge in [-0.3, -0.25) is 14.9 Å². The van der Waals surface area contributed by atoms with Crippen LogP contribution in [0.4, 0.5) is 11.4 Å². The topological polar surface area (TPSA) is 92.5 Å². The minimum atomic E-state index is -0.610. The van der Waals surface area contributed by atoms with Crippen LogP contribution in [-0.2, 0) is 4.79 Å². The number of phenolic OH excluding ortho intramolecular Hbond substituents is 1. The van der Waals surface area contributed by atoms with Crippen LogP contribution in [0.15, 0.2) is 18.2 Å². The third kappa shape index (κ3) is 3.15. The average molecular weight is 292 g/mol. The molecule has 0 spiro atoms. The average Bonchev–Trinajstić information content (AvgIpc) is 2.40. The van der Waals surface area contributed by atoms with E-state index in [-0.39, 0.29) is 34.4 Å². The number of phenols is 1. The molecule has 1 aliphatic rings. The van der Waals surface area contributed by atoms with Gasteiger partial charge in [0.05, 0.1) is 4.92 Å². The van der Waals surface area contributed by atoms with Gasteiger partial charge in [0.25, 0.3) is 5.69 Å². The maximum Gasteiger partial charge on any atom is 0.296 e. The van der Waals surface area contributed by atoms with Crippen molar-refractivity contribution in [1.82, 2.24) is 0 Å². The van der Waals surface area contributed by atoms with Crippen molar-refractivity contribution < 1.29 is 14.8 Å². The SMILES string of the molecule is CC1(C)CCCCC1C(=O)Nc1c(O)cccc1[N+](=O)[O-]. The zero-order chi connectivity index (χ0) is 15.6. The Morgan fingerprint density at radius 3 is 2.76 bits per heavy atom. The smallest absolute Gasteiger partial charge is 0.296 e. The van der Waals surface area contributed by atoms with Gasteiger partial charge in [-0.15, -0.1) is 0 Å². The Labute approximate surface area is 123 Å². The van der Waals surface area contributed by atoms with E-state index in [1.807, 2.05) is 13.8 Å². The quantitative estimate of drug-likeness (QED) is 0.507. The van der Waals surface area contributed by atoms with Crippen molar-refractivity contribution in [2.45, 2.75) is 39.5 Å². The van der Waals surface area contributed by atoms with Crippen LogP contribution in [0.2, 0.25) is 0 Å². The van der Waals surface area contributed by atoms with E-state index in [2.05, 4.69) is 5.32 Å². The maximum absolute atomic E-state index is 12.5. The molecule has 21 heavy (non-hydrogen) atoms. The fourth-order valence-corrected chi connectivity index (χ4v) is 3.00. The molecule has 0 bridgehead atoms. The summed E-state index contributed by atoms with van der Waals surface area (Å²) in [5.41, 5.74) is -0.549. The summed E-state index contributed by atoms with van der Waals surface area (Å²) in [5, 5.41) is 23.4. The summed E-state index contributed by atoms with van der Waals surface area (Å²) in [7, 11) is 0. The highest BCUT2D eigenvalue weighted by Crippen LogP contribution is 2.42. The van der Waals surface area contributed by atoms with Crippen LogP contribution in [0.1, 0.15) is 39.5 Å². The molecule has 1 fully saturated rings. The highest BCUT2D eigenvalue weighted by molar-refractivity contribution is 5.96. The number of carbonyl (C=O) groups is 1. The molecule has 1 aromatic rings. The van der Waals surface area contributed by atoms with E-state index in [4.69, 9.17) is 0 Å². The van der Waals surface area contributed by atoms with Crippen LogP contribution in [0.5, 0.6) is 5.75 Å². The number of amides is 1. The van der Waals surface area contributed by atoms with E-state index in [1.165, 1.54) is 18.2 Å².